The number of halogens is 1. The maximum absolute atomic E-state index is 12.6. The molecule has 1 aliphatic rings. The first kappa shape index (κ1) is 14.5. The molecule has 1 amide bonds. The predicted octanol–water partition coefficient (Wildman–Crippen LogP) is 3.61. The first-order valence-electron chi connectivity index (χ1n) is 6.85. The number of amides is 1. The summed E-state index contributed by atoms with van der Waals surface area (Å²) in [6.45, 7) is 2.44. The summed E-state index contributed by atoms with van der Waals surface area (Å²) < 4.78 is 1.02. The number of nitrogens with two attached hydrogens (primary N) is 1. The second kappa shape index (κ2) is 6.06. The highest BCUT2D eigenvalue weighted by Gasteiger charge is 2.38. The fourth-order valence-corrected chi connectivity index (χ4v) is 3.25. The molecule has 1 fully saturated rings. The van der Waals surface area contributed by atoms with Crippen LogP contribution in [-0.2, 0) is 4.79 Å². The molecule has 3 N–H and O–H groups in total. The van der Waals surface area contributed by atoms with Gasteiger partial charge in [-0.15, -0.1) is 0 Å². The minimum atomic E-state index is -0.363. The summed E-state index contributed by atoms with van der Waals surface area (Å²) in [4.78, 5) is 12.6. The van der Waals surface area contributed by atoms with E-state index < -0.39 is 0 Å². The fourth-order valence-electron chi connectivity index (χ4n) is 2.77. The van der Waals surface area contributed by atoms with E-state index in [2.05, 4.69) is 21.2 Å². The third kappa shape index (κ3) is 3.18. The van der Waals surface area contributed by atoms with E-state index in [4.69, 9.17) is 5.73 Å². The van der Waals surface area contributed by atoms with Crippen molar-refractivity contribution in [1.82, 2.24) is 0 Å². The normalized spacial score (nSPS) is 18.1. The van der Waals surface area contributed by atoms with Crippen LogP contribution in [0.5, 0.6) is 0 Å². The zero-order chi connectivity index (χ0) is 13.9. The van der Waals surface area contributed by atoms with Gasteiger partial charge in [0, 0.05) is 16.7 Å². The molecule has 0 atom stereocenters. The number of anilines is 1. The van der Waals surface area contributed by atoms with Crippen molar-refractivity contribution in [2.24, 2.45) is 11.1 Å². The van der Waals surface area contributed by atoms with Gasteiger partial charge in [0.25, 0.3) is 0 Å². The van der Waals surface area contributed by atoms with Gasteiger partial charge in [-0.05, 0) is 43.5 Å². The molecule has 1 saturated carbocycles. The lowest BCUT2D eigenvalue weighted by Crippen LogP contribution is -2.43. The van der Waals surface area contributed by atoms with Crippen LogP contribution in [0.25, 0.3) is 0 Å². The standard InChI is InChI=1S/C15H21BrN2O/c1-11-9-12(16)5-6-13(11)18-14(19)15(10-17)7-3-2-4-8-15/h5-6,9H,2-4,7-8,10,17H2,1H3,(H,18,19). The molecule has 0 radical (unpaired) electrons. The van der Waals surface area contributed by atoms with Gasteiger partial charge in [-0.3, -0.25) is 4.79 Å². The van der Waals surface area contributed by atoms with E-state index in [1.165, 1.54) is 6.42 Å². The van der Waals surface area contributed by atoms with Crippen LogP contribution in [0.15, 0.2) is 22.7 Å². The van der Waals surface area contributed by atoms with Gasteiger partial charge in [0.1, 0.15) is 0 Å². The smallest absolute Gasteiger partial charge is 0.231 e. The lowest BCUT2D eigenvalue weighted by atomic mass is 9.73. The summed E-state index contributed by atoms with van der Waals surface area (Å²) in [6.07, 6.45) is 5.23. The lowest BCUT2D eigenvalue weighted by Gasteiger charge is -2.34. The number of nitrogens with one attached hydrogen (secondary N) is 1. The molecule has 1 aliphatic carbocycles. The van der Waals surface area contributed by atoms with Gasteiger partial charge in [0.15, 0.2) is 0 Å². The van der Waals surface area contributed by atoms with Crippen molar-refractivity contribution in [3.05, 3.63) is 28.2 Å². The molecule has 1 aromatic carbocycles. The van der Waals surface area contributed by atoms with Gasteiger partial charge in [-0.1, -0.05) is 35.2 Å². The predicted molar refractivity (Wildman–Crippen MR) is 82.1 cm³/mol. The largest absolute Gasteiger partial charge is 0.329 e. The summed E-state index contributed by atoms with van der Waals surface area (Å²) in [5, 5.41) is 3.06. The van der Waals surface area contributed by atoms with Crippen molar-refractivity contribution in [3.8, 4) is 0 Å². The van der Waals surface area contributed by atoms with Crippen LogP contribution in [0.3, 0.4) is 0 Å². The number of hydrogen-bond acceptors (Lipinski definition) is 2. The van der Waals surface area contributed by atoms with E-state index in [0.29, 0.717) is 6.54 Å². The maximum Gasteiger partial charge on any atom is 0.231 e. The van der Waals surface area contributed by atoms with E-state index in [9.17, 15) is 4.79 Å². The molecule has 19 heavy (non-hydrogen) atoms. The van der Waals surface area contributed by atoms with Crippen LogP contribution in [0, 0.1) is 12.3 Å². The van der Waals surface area contributed by atoms with Gasteiger partial charge in [0.2, 0.25) is 5.91 Å². The molecular weight excluding hydrogens is 304 g/mol. The molecule has 104 valence electrons. The van der Waals surface area contributed by atoms with E-state index in [0.717, 1.165) is 41.4 Å². The fraction of sp³-hybridized carbons (Fsp3) is 0.533. The second-order valence-electron chi connectivity index (χ2n) is 5.46. The Hall–Kier alpha value is -0.870. The van der Waals surface area contributed by atoms with Crippen LogP contribution in [0.4, 0.5) is 5.69 Å². The highest BCUT2D eigenvalue weighted by molar-refractivity contribution is 9.10. The van der Waals surface area contributed by atoms with Crippen LogP contribution >= 0.6 is 15.9 Å². The number of aryl methyl sites for hydroxylation is 1. The van der Waals surface area contributed by atoms with E-state index >= 15 is 0 Å². The topological polar surface area (TPSA) is 55.1 Å². The number of carbonyl (C=O) groups is 1. The molecule has 2 rings (SSSR count). The van der Waals surface area contributed by atoms with Gasteiger partial charge < -0.3 is 11.1 Å². The van der Waals surface area contributed by atoms with E-state index in [-0.39, 0.29) is 11.3 Å². The molecule has 0 spiro atoms. The van der Waals surface area contributed by atoms with Crippen molar-refractivity contribution < 1.29 is 4.79 Å². The Bertz CT molecular complexity index is 467. The number of hydrogen-bond donors (Lipinski definition) is 2. The quantitative estimate of drug-likeness (QED) is 0.892. The third-order valence-corrected chi connectivity index (χ3v) is 4.61. The Morgan fingerprint density at radius 2 is 2.05 bits per heavy atom. The molecule has 0 aliphatic heterocycles. The number of carbonyl (C=O) groups excluding carboxylic acids is 1. The summed E-state index contributed by atoms with van der Waals surface area (Å²) in [7, 11) is 0. The molecule has 0 saturated heterocycles. The van der Waals surface area contributed by atoms with Crippen LogP contribution in [0.1, 0.15) is 37.7 Å². The van der Waals surface area contributed by atoms with Crippen LogP contribution < -0.4 is 11.1 Å². The number of benzene rings is 1. The Morgan fingerprint density at radius 3 is 2.63 bits per heavy atom. The van der Waals surface area contributed by atoms with Crippen molar-refractivity contribution in [2.75, 3.05) is 11.9 Å². The maximum atomic E-state index is 12.6. The lowest BCUT2D eigenvalue weighted by molar-refractivity contribution is -0.126. The van der Waals surface area contributed by atoms with Crippen molar-refractivity contribution in [3.63, 3.8) is 0 Å². The average molecular weight is 325 g/mol. The summed E-state index contributed by atoms with van der Waals surface area (Å²) in [6, 6.07) is 5.88. The van der Waals surface area contributed by atoms with Gasteiger partial charge in [-0.25, -0.2) is 0 Å². The molecule has 0 bridgehead atoms. The second-order valence-corrected chi connectivity index (χ2v) is 6.37. The molecular formula is C15H21BrN2O. The Morgan fingerprint density at radius 1 is 1.37 bits per heavy atom. The minimum Gasteiger partial charge on any atom is -0.329 e. The molecule has 0 unspecified atom stereocenters. The first-order chi connectivity index (χ1) is 9.07. The monoisotopic (exact) mass is 324 g/mol. The molecule has 4 heteroatoms. The first-order valence-corrected chi connectivity index (χ1v) is 7.64. The van der Waals surface area contributed by atoms with Crippen molar-refractivity contribution >= 4 is 27.5 Å². The summed E-state index contributed by atoms with van der Waals surface area (Å²) in [5.41, 5.74) is 7.47. The SMILES string of the molecule is Cc1cc(Br)ccc1NC(=O)C1(CN)CCCCC1. The molecule has 3 nitrogen and oxygen atoms in total. The molecule has 1 aromatic rings. The van der Waals surface area contributed by atoms with Crippen LogP contribution in [-0.4, -0.2) is 12.5 Å². The zero-order valence-corrected chi connectivity index (χ0v) is 12.9. The summed E-state index contributed by atoms with van der Waals surface area (Å²) >= 11 is 3.43. The Kier molecular flexibility index (Phi) is 4.63. The van der Waals surface area contributed by atoms with Crippen molar-refractivity contribution in [1.29, 1.82) is 0 Å². The Balaban J connectivity index is 2.15. The molecule has 0 aromatic heterocycles. The van der Waals surface area contributed by atoms with Crippen LogP contribution in [0.2, 0.25) is 0 Å². The summed E-state index contributed by atoms with van der Waals surface area (Å²) in [5.74, 6) is 0.0834. The molecule has 0 heterocycles. The number of rotatable bonds is 3. The highest BCUT2D eigenvalue weighted by Crippen LogP contribution is 2.36. The average Bonchev–Trinajstić information content (AvgIpc) is 2.42. The zero-order valence-electron chi connectivity index (χ0n) is 11.3. The van der Waals surface area contributed by atoms with Gasteiger partial charge in [-0.2, -0.15) is 0 Å². The third-order valence-electron chi connectivity index (χ3n) is 4.12. The van der Waals surface area contributed by atoms with Gasteiger partial charge >= 0.3 is 0 Å². The van der Waals surface area contributed by atoms with Gasteiger partial charge in [0.05, 0.1) is 5.41 Å². The van der Waals surface area contributed by atoms with E-state index in [1.807, 2.05) is 25.1 Å². The Labute approximate surface area is 123 Å². The minimum absolute atomic E-state index is 0.0834. The van der Waals surface area contributed by atoms with E-state index in [1.54, 1.807) is 0 Å². The highest BCUT2D eigenvalue weighted by atomic mass is 79.9. The van der Waals surface area contributed by atoms with Crippen molar-refractivity contribution in [2.45, 2.75) is 39.0 Å².